The van der Waals surface area contributed by atoms with Crippen LogP contribution in [0.4, 0.5) is 5.69 Å². The number of aliphatic hydroxyl groups is 1. The molecule has 0 aromatic heterocycles. The third-order valence-corrected chi connectivity index (χ3v) is 3.58. The van der Waals surface area contributed by atoms with Crippen molar-refractivity contribution < 1.29 is 5.11 Å². The summed E-state index contributed by atoms with van der Waals surface area (Å²) >= 11 is 0. The highest BCUT2D eigenvalue weighted by atomic mass is 16.3. The molecular formula is C14H21NO. The smallest absolute Gasteiger partial charge is 0.0540 e. The average Bonchev–Trinajstić information content (AvgIpc) is 2.30. The highest BCUT2D eigenvalue weighted by molar-refractivity contribution is 5.46. The third kappa shape index (κ3) is 2.56. The van der Waals surface area contributed by atoms with Crippen molar-refractivity contribution in [2.75, 3.05) is 19.0 Å². The normalized spacial score (nSPS) is 25.4. The number of nitrogens with zero attached hydrogens (tertiary/aromatic N) is 1. The first-order valence-corrected chi connectivity index (χ1v) is 6.12. The molecule has 0 atom stereocenters. The van der Waals surface area contributed by atoms with Crippen molar-refractivity contribution in [3.8, 4) is 0 Å². The van der Waals surface area contributed by atoms with E-state index in [1.165, 1.54) is 11.3 Å². The van der Waals surface area contributed by atoms with E-state index >= 15 is 0 Å². The predicted octanol–water partition coefficient (Wildman–Crippen LogP) is 2.77. The van der Waals surface area contributed by atoms with Gasteiger partial charge in [-0.3, -0.25) is 0 Å². The molecule has 0 bridgehead atoms. The highest BCUT2D eigenvalue weighted by Gasteiger charge is 2.20. The summed E-state index contributed by atoms with van der Waals surface area (Å²) < 4.78 is 0. The maximum atomic E-state index is 9.48. The van der Waals surface area contributed by atoms with E-state index in [0.29, 0.717) is 5.92 Å². The van der Waals surface area contributed by atoms with Crippen molar-refractivity contribution in [2.45, 2.75) is 37.7 Å². The summed E-state index contributed by atoms with van der Waals surface area (Å²) in [5, 5.41) is 9.48. The zero-order valence-corrected chi connectivity index (χ0v) is 10.2. The van der Waals surface area contributed by atoms with Gasteiger partial charge in [0.2, 0.25) is 0 Å². The maximum absolute atomic E-state index is 9.48. The molecule has 1 aromatic carbocycles. The van der Waals surface area contributed by atoms with Crippen LogP contribution in [-0.4, -0.2) is 25.3 Å². The molecule has 2 rings (SSSR count). The fourth-order valence-electron chi connectivity index (χ4n) is 2.45. The first-order valence-electron chi connectivity index (χ1n) is 6.12. The Morgan fingerprint density at radius 3 is 2.06 bits per heavy atom. The topological polar surface area (TPSA) is 23.5 Å². The highest BCUT2D eigenvalue weighted by Crippen LogP contribution is 2.33. The van der Waals surface area contributed by atoms with Crippen LogP contribution in [0.2, 0.25) is 0 Å². The van der Waals surface area contributed by atoms with E-state index in [1.807, 2.05) is 0 Å². The Hall–Kier alpha value is -1.02. The van der Waals surface area contributed by atoms with Gasteiger partial charge in [0.1, 0.15) is 0 Å². The summed E-state index contributed by atoms with van der Waals surface area (Å²) in [5.74, 6) is 0.652. The summed E-state index contributed by atoms with van der Waals surface area (Å²) in [4.78, 5) is 2.12. The number of hydrogen-bond donors (Lipinski definition) is 1. The second kappa shape index (κ2) is 4.88. The first kappa shape index (κ1) is 11.5. The lowest BCUT2D eigenvalue weighted by molar-refractivity contribution is 0.122. The molecule has 1 aromatic rings. The monoisotopic (exact) mass is 219 g/mol. The van der Waals surface area contributed by atoms with E-state index < -0.39 is 0 Å². The molecular weight excluding hydrogens is 198 g/mol. The molecule has 88 valence electrons. The van der Waals surface area contributed by atoms with Crippen molar-refractivity contribution in [3.63, 3.8) is 0 Å². The lowest BCUT2D eigenvalue weighted by Gasteiger charge is -2.26. The van der Waals surface area contributed by atoms with E-state index in [9.17, 15) is 5.11 Å². The molecule has 2 heteroatoms. The maximum Gasteiger partial charge on any atom is 0.0540 e. The summed E-state index contributed by atoms with van der Waals surface area (Å²) in [5.41, 5.74) is 2.68. The Morgan fingerprint density at radius 1 is 1.00 bits per heavy atom. The zero-order chi connectivity index (χ0) is 11.5. The van der Waals surface area contributed by atoms with Gasteiger partial charge in [0.05, 0.1) is 6.10 Å². The van der Waals surface area contributed by atoms with Crippen molar-refractivity contribution in [1.82, 2.24) is 0 Å². The van der Waals surface area contributed by atoms with Gasteiger partial charge in [-0.05, 0) is 49.3 Å². The number of aliphatic hydroxyl groups excluding tert-OH is 1. The molecule has 0 heterocycles. The molecule has 0 spiro atoms. The van der Waals surface area contributed by atoms with Crippen molar-refractivity contribution in [3.05, 3.63) is 29.8 Å². The zero-order valence-electron chi connectivity index (χ0n) is 10.2. The molecule has 0 amide bonds. The van der Waals surface area contributed by atoms with Crippen molar-refractivity contribution in [1.29, 1.82) is 0 Å². The first-order chi connectivity index (χ1) is 7.66. The van der Waals surface area contributed by atoms with Gasteiger partial charge in [-0.15, -0.1) is 0 Å². The second-order valence-corrected chi connectivity index (χ2v) is 4.99. The second-order valence-electron chi connectivity index (χ2n) is 4.99. The molecule has 1 aliphatic carbocycles. The van der Waals surface area contributed by atoms with Crippen LogP contribution < -0.4 is 4.90 Å². The average molecular weight is 219 g/mol. The Labute approximate surface area is 97.9 Å². The minimum absolute atomic E-state index is 0.0581. The van der Waals surface area contributed by atoms with E-state index in [2.05, 4.69) is 43.3 Å². The number of rotatable bonds is 2. The minimum atomic E-state index is -0.0581. The van der Waals surface area contributed by atoms with Gasteiger partial charge in [0.15, 0.2) is 0 Å². The van der Waals surface area contributed by atoms with Crippen molar-refractivity contribution >= 4 is 5.69 Å². The SMILES string of the molecule is CN(C)c1ccc(C2CCC(O)CC2)cc1. The van der Waals surface area contributed by atoms with Crippen LogP contribution in [0.5, 0.6) is 0 Å². The van der Waals surface area contributed by atoms with E-state index in [4.69, 9.17) is 0 Å². The quantitative estimate of drug-likeness (QED) is 0.826. The molecule has 0 saturated heterocycles. The van der Waals surface area contributed by atoms with Crippen LogP contribution in [0.1, 0.15) is 37.2 Å². The fourth-order valence-corrected chi connectivity index (χ4v) is 2.45. The predicted molar refractivity (Wildman–Crippen MR) is 68.0 cm³/mol. The van der Waals surface area contributed by atoms with Crippen LogP contribution >= 0.6 is 0 Å². The molecule has 16 heavy (non-hydrogen) atoms. The van der Waals surface area contributed by atoms with E-state index in [-0.39, 0.29) is 6.10 Å². The van der Waals surface area contributed by atoms with Crippen LogP contribution in [0.15, 0.2) is 24.3 Å². The molecule has 1 aliphatic rings. The molecule has 1 fully saturated rings. The fraction of sp³-hybridized carbons (Fsp3) is 0.571. The Morgan fingerprint density at radius 2 is 1.56 bits per heavy atom. The lowest BCUT2D eigenvalue weighted by Crippen LogP contribution is -2.17. The largest absolute Gasteiger partial charge is 0.393 e. The van der Waals surface area contributed by atoms with Crippen LogP contribution in [0.3, 0.4) is 0 Å². The third-order valence-electron chi connectivity index (χ3n) is 3.58. The van der Waals surface area contributed by atoms with Gasteiger partial charge in [0, 0.05) is 19.8 Å². The summed E-state index contributed by atoms with van der Waals surface area (Å²) in [6.45, 7) is 0. The Bertz CT molecular complexity index is 323. The summed E-state index contributed by atoms with van der Waals surface area (Å²) in [6, 6.07) is 8.83. The number of benzene rings is 1. The van der Waals surface area contributed by atoms with Gasteiger partial charge in [-0.25, -0.2) is 0 Å². The van der Waals surface area contributed by atoms with Crippen molar-refractivity contribution in [2.24, 2.45) is 0 Å². The van der Waals surface area contributed by atoms with Gasteiger partial charge in [0.25, 0.3) is 0 Å². The molecule has 1 N–H and O–H groups in total. The van der Waals surface area contributed by atoms with Crippen LogP contribution in [0.25, 0.3) is 0 Å². The van der Waals surface area contributed by atoms with Gasteiger partial charge < -0.3 is 10.0 Å². The minimum Gasteiger partial charge on any atom is -0.393 e. The lowest BCUT2D eigenvalue weighted by atomic mass is 9.83. The standard InChI is InChI=1S/C14H21NO/c1-15(2)13-7-3-11(4-8-13)12-5-9-14(16)10-6-12/h3-4,7-8,12,14,16H,5-6,9-10H2,1-2H3. The van der Waals surface area contributed by atoms with Gasteiger partial charge in [-0.2, -0.15) is 0 Å². The number of anilines is 1. The van der Waals surface area contributed by atoms with E-state index in [0.717, 1.165) is 25.7 Å². The number of hydrogen-bond acceptors (Lipinski definition) is 2. The summed E-state index contributed by atoms with van der Waals surface area (Å²) in [7, 11) is 4.12. The summed E-state index contributed by atoms with van der Waals surface area (Å²) in [6.07, 6.45) is 4.11. The molecule has 1 saturated carbocycles. The molecule has 2 nitrogen and oxygen atoms in total. The van der Waals surface area contributed by atoms with E-state index in [1.54, 1.807) is 0 Å². The molecule has 0 aliphatic heterocycles. The Kier molecular flexibility index (Phi) is 3.49. The van der Waals surface area contributed by atoms with Crippen LogP contribution in [-0.2, 0) is 0 Å². The van der Waals surface area contributed by atoms with Gasteiger partial charge >= 0.3 is 0 Å². The van der Waals surface area contributed by atoms with Gasteiger partial charge in [-0.1, -0.05) is 12.1 Å². The Balaban J connectivity index is 2.04. The van der Waals surface area contributed by atoms with Crippen LogP contribution in [0, 0.1) is 0 Å². The molecule has 0 radical (unpaired) electrons. The molecule has 0 unspecified atom stereocenters.